The number of aromatic nitrogens is 1. The first-order chi connectivity index (χ1) is 13.8. The Balaban J connectivity index is 1.31. The number of likely N-dealkylation sites (tertiary alicyclic amines) is 1. The van der Waals surface area contributed by atoms with Crippen LogP contribution in [0.5, 0.6) is 0 Å². The van der Waals surface area contributed by atoms with Crippen LogP contribution in [-0.4, -0.2) is 48.1 Å². The Morgan fingerprint density at radius 2 is 1.97 bits per heavy atom. The summed E-state index contributed by atoms with van der Waals surface area (Å²) in [6.45, 7) is 1.83. The average Bonchev–Trinajstić information content (AvgIpc) is 2.89. The highest BCUT2D eigenvalue weighted by atomic mass is 19.4. The predicted molar refractivity (Wildman–Crippen MR) is 96.9 cm³/mol. The number of halogens is 3. The van der Waals surface area contributed by atoms with Gasteiger partial charge < -0.3 is 15.0 Å². The number of ether oxygens (including phenoxy) is 1. The maximum absolute atomic E-state index is 12.9. The molecule has 9 heteroatoms. The second kappa shape index (κ2) is 7.50. The van der Waals surface area contributed by atoms with Crippen LogP contribution in [0.4, 0.5) is 18.0 Å². The number of piperidine rings is 1. The fourth-order valence-corrected chi connectivity index (χ4v) is 4.76. The first kappa shape index (κ1) is 20.0. The van der Waals surface area contributed by atoms with E-state index in [0.717, 1.165) is 31.7 Å². The molecule has 0 unspecified atom stereocenters. The third-order valence-electron chi connectivity index (χ3n) is 6.52. The topological polar surface area (TPSA) is 71.5 Å². The molecule has 29 heavy (non-hydrogen) atoms. The number of nitrogens with one attached hydrogen (secondary N) is 1. The summed E-state index contributed by atoms with van der Waals surface area (Å²) in [7, 11) is 0. The zero-order valence-electron chi connectivity index (χ0n) is 16.0. The van der Waals surface area contributed by atoms with Crippen molar-refractivity contribution < 1.29 is 27.5 Å². The van der Waals surface area contributed by atoms with E-state index in [2.05, 4.69) is 10.3 Å². The first-order valence-electron chi connectivity index (χ1n) is 9.99. The fourth-order valence-electron chi connectivity index (χ4n) is 4.76. The van der Waals surface area contributed by atoms with Gasteiger partial charge in [0, 0.05) is 31.2 Å². The number of rotatable bonds is 2. The summed E-state index contributed by atoms with van der Waals surface area (Å²) in [6, 6.07) is 4.10. The van der Waals surface area contributed by atoms with Crippen molar-refractivity contribution in [1.29, 1.82) is 0 Å². The lowest BCUT2D eigenvalue weighted by atomic mass is 9.56. The molecule has 3 aliphatic rings. The van der Waals surface area contributed by atoms with Crippen LogP contribution in [0.3, 0.4) is 0 Å². The van der Waals surface area contributed by atoms with Crippen LogP contribution in [0, 0.1) is 11.3 Å². The minimum atomic E-state index is -4.42. The van der Waals surface area contributed by atoms with Crippen molar-refractivity contribution in [2.75, 3.05) is 26.2 Å². The summed E-state index contributed by atoms with van der Waals surface area (Å²) in [4.78, 5) is 29.7. The number of carbonyl (C=O) groups excluding carboxylic acids is 2. The number of hydrogen-bond donors (Lipinski definition) is 1. The average molecular weight is 411 g/mol. The SMILES string of the molecule is O=C1NC[C@H](C(=O)N2CCC3(CC2)CC(c2cccc(C(F)(F)F)n2)C3)CCO1. The lowest BCUT2D eigenvalue weighted by Crippen LogP contribution is -2.50. The van der Waals surface area contributed by atoms with E-state index in [1.165, 1.54) is 6.07 Å². The summed E-state index contributed by atoms with van der Waals surface area (Å²) in [6.07, 6.45) is -1.06. The molecule has 1 spiro atoms. The van der Waals surface area contributed by atoms with Crippen LogP contribution in [0.25, 0.3) is 0 Å². The Morgan fingerprint density at radius 3 is 2.66 bits per heavy atom. The molecular formula is C20H24F3N3O3. The zero-order valence-corrected chi connectivity index (χ0v) is 16.0. The second-order valence-corrected chi connectivity index (χ2v) is 8.38. The Kier molecular flexibility index (Phi) is 5.16. The maximum atomic E-state index is 12.9. The van der Waals surface area contributed by atoms with E-state index in [1.807, 2.05) is 4.90 Å². The van der Waals surface area contributed by atoms with Crippen LogP contribution in [-0.2, 0) is 15.7 Å². The third kappa shape index (κ3) is 4.18. The van der Waals surface area contributed by atoms with Gasteiger partial charge in [-0.2, -0.15) is 13.2 Å². The fraction of sp³-hybridized carbons (Fsp3) is 0.650. The van der Waals surface area contributed by atoms with Gasteiger partial charge in [0.25, 0.3) is 0 Å². The molecule has 0 bridgehead atoms. The Morgan fingerprint density at radius 1 is 1.24 bits per heavy atom. The molecule has 6 nitrogen and oxygen atoms in total. The van der Waals surface area contributed by atoms with Gasteiger partial charge in [-0.3, -0.25) is 4.79 Å². The number of amides is 2. The Bertz CT molecular complexity index is 783. The molecule has 2 saturated heterocycles. The van der Waals surface area contributed by atoms with Crippen molar-refractivity contribution in [3.8, 4) is 0 Å². The molecule has 1 aromatic heterocycles. The van der Waals surface area contributed by atoms with Gasteiger partial charge in [-0.25, -0.2) is 9.78 Å². The molecule has 2 aliphatic heterocycles. The smallest absolute Gasteiger partial charge is 0.433 e. The van der Waals surface area contributed by atoms with E-state index in [4.69, 9.17) is 4.74 Å². The normalized spacial score (nSPS) is 25.0. The van der Waals surface area contributed by atoms with Gasteiger partial charge in [0.05, 0.1) is 12.5 Å². The lowest BCUT2D eigenvalue weighted by Gasteiger charge is -2.52. The highest BCUT2D eigenvalue weighted by Crippen LogP contribution is 2.56. The molecule has 0 aromatic carbocycles. The number of alkyl halides is 3. The number of cyclic esters (lactones) is 1. The van der Waals surface area contributed by atoms with Gasteiger partial charge in [-0.15, -0.1) is 0 Å². The molecule has 0 radical (unpaired) electrons. The van der Waals surface area contributed by atoms with E-state index >= 15 is 0 Å². The maximum Gasteiger partial charge on any atom is 0.433 e. The van der Waals surface area contributed by atoms with Crippen molar-refractivity contribution in [2.24, 2.45) is 11.3 Å². The van der Waals surface area contributed by atoms with Gasteiger partial charge >= 0.3 is 12.3 Å². The molecule has 1 atom stereocenters. The lowest BCUT2D eigenvalue weighted by molar-refractivity contribution is -0.141. The molecule has 1 saturated carbocycles. The molecule has 1 aliphatic carbocycles. The minimum absolute atomic E-state index is 0.0427. The standard InChI is InChI=1S/C20H24F3N3O3/c21-20(22,23)16-3-1-2-15(25-16)14-10-19(11-14)5-7-26(8-6-19)17(27)13-4-9-29-18(28)24-12-13/h1-3,13-14H,4-12H2,(H,24,28)/t13-/m1/s1. The first-order valence-corrected chi connectivity index (χ1v) is 9.99. The van der Waals surface area contributed by atoms with E-state index < -0.39 is 18.0 Å². The van der Waals surface area contributed by atoms with E-state index in [-0.39, 0.29) is 29.8 Å². The van der Waals surface area contributed by atoms with Crippen LogP contribution < -0.4 is 5.32 Å². The number of pyridine rings is 1. The Hall–Kier alpha value is -2.32. The van der Waals surface area contributed by atoms with E-state index in [1.54, 1.807) is 6.07 Å². The van der Waals surface area contributed by atoms with Crippen LogP contribution in [0.2, 0.25) is 0 Å². The number of alkyl carbamates (subject to hydrolysis) is 1. The summed E-state index contributed by atoms with van der Waals surface area (Å²) < 4.78 is 43.6. The van der Waals surface area contributed by atoms with Gasteiger partial charge in [0.2, 0.25) is 5.91 Å². The predicted octanol–water partition coefficient (Wildman–Crippen LogP) is 3.33. The minimum Gasteiger partial charge on any atom is -0.450 e. The molecule has 3 heterocycles. The van der Waals surface area contributed by atoms with Gasteiger partial charge in [-0.1, -0.05) is 6.07 Å². The van der Waals surface area contributed by atoms with Crippen molar-refractivity contribution in [3.05, 3.63) is 29.6 Å². The third-order valence-corrected chi connectivity index (χ3v) is 6.52. The quantitative estimate of drug-likeness (QED) is 0.810. The zero-order chi connectivity index (χ0) is 20.6. The van der Waals surface area contributed by atoms with Crippen LogP contribution in [0.15, 0.2) is 18.2 Å². The van der Waals surface area contributed by atoms with Crippen molar-refractivity contribution in [3.63, 3.8) is 0 Å². The largest absolute Gasteiger partial charge is 0.450 e. The molecule has 3 fully saturated rings. The highest BCUT2D eigenvalue weighted by molar-refractivity contribution is 5.80. The summed E-state index contributed by atoms with van der Waals surface area (Å²) in [5.41, 5.74) is -0.230. The second-order valence-electron chi connectivity index (χ2n) is 8.38. The van der Waals surface area contributed by atoms with Crippen LogP contribution in [0.1, 0.15) is 49.4 Å². The molecular weight excluding hydrogens is 387 g/mol. The summed E-state index contributed by atoms with van der Waals surface area (Å²) >= 11 is 0. The monoisotopic (exact) mass is 411 g/mol. The molecule has 158 valence electrons. The Labute approximate surface area is 166 Å². The molecule has 1 aromatic rings. The van der Waals surface area contributed by atoms with Gasteiger partial charge in [0.15, 0.2) is 0 Å². The van der Waals surface area contributed by atoms with Crippen molar-refractivity contribution >= 4 is 12.0 Å². The molecule has 2 amide bonds. The summed E-state index contributed by atoms with van der Waals surface area (Å²) in [5, 5.41) is 2.60. The molecule has 1 N–H and O–H groups in total. The van der Waals surface area contributed by atoms with Crippen LogP contribution >= 0.6 is 0 Å². The highest BCUT2D eigenvalue weighted by Gasteiger charge is 2.48. The summed E-state index contributed by atoms with van der Waals surface area (Å²) in [5.74, 6) is -0.172. The van der Waals surface area contributed by atoms with E-state index in [0.29, 0.717) is 31.7 Å². The van der Waals surface area contributed by atoms with E-state index in [9.17, 15) is 22.8 Å². The van der Waals surface area contributed by atoms with Gasteiger partial charge in [-0.05, 0) is 49.7 Å². The molecule has 4 rings (SSSR count). The van der Waals surface area contributed by atoms with Crippen molar-refractivity contribution in [1.82, 2.24) is 15.2 Å². The number of carbonyl (C=O) groups is 2. The van der Waals surface area contributed by atoms with Crippen molar-refractivity contribution in [2.45, 2.75) is 44.2 Å². The van der Waals surface area contributed by atoms with Gasteiger partial charge in [0.1, 0.15) is 5.69 Å². The number of hydrogen-bond acceptors (Lipinski definition) is 4. The number of nitrogens with zero attached hydrogens (tertiary/aromatic N) is 2.